The zero-order valence-corrected chi connectivity index (χ0v) is 14.6. The maximum absolute atomic E-state index is 12.2. The molecule has 0 aliphatic carbocycles. The van der Waals surface area contributed by atoms with E-state index in [2.05, 4.69) is 35.8 Å². The third-order valence-electron chi connectivity index (χ3n) is 3.90. The van der Waals surface area contributed by atoms with E-state index in [4.69, 9.17) is 0 Å². The lowest BCUT2D eigenvalue weighted by Gasteiger charge is -2.13. The van der Waals surface area contributed by atoms with Crippen molar-refractivity contribution in [3.63, 3.8) is 0 Å². The summed E-state index contributed by atoms with van der Waals surface area (Å²) in [6.45, 7) is 4.62. The highest BCUT2D eigenvalue weighted by atomic mass is 16.1. The Morgan fingerprint density at radius 1 is 1.20 bits per heavy atom. The van der Waals surface area contributed by atoms with Crippen molar-refractivity contribution in [2.24, 2.45) is 0 Å². The zero-order chi connectivity index (χ0) is 18.1. The second-order valence-electron chi connectivity index (χ2n) is 5.97. The van der Waals surface area contributed by atoms with Gasteiger partial charge in [-0.15, -0.1) is 0 Å². The standard InChI is InChI=1S/C21H23N3O/c1-16-7-6-8-18(13-16)11-12-23-15-20(14-22)21(25)24-17(2)19-9-4-3-5-10-19/h3-10,13,15,17,23H,11-12H2,1-2H3,(H,24,25)/b20-15-. The monoisotopic (exact) mass is 333 g/mol. The number of amides is 1. The highest BCUT2D eigenvalue weighted by Crippen LogP contribution is 2.11. The van der Waals surface area contributed by atoms with Crippen molar-refractivity contribution >= 4 is 5.91 Å². The number of rotatable bonds is 7. The molecule has 0 radical (unpaired) electrons. The maximum Gasteiger partial charge on any atom is 0.263 e. The van der Waals surface area contributed by atoms with Gasteiger partial charge >= 0.3 is 0 Å². The van der Waals surface area contributed by atoms with E-state index in [1.165, 1.54) is 17.3 Å². The van der Waals surface area contributed by atoms with Gasteiger partial charge in [-0.2, -0.15) is 5.26 Å². The summed E-state index contributed by atoms with van der Waals surface area (Å²) in [5.41, 5.74) is 3.52. The fourth-order valence-electron chi connectivity index (χ4n) is 2.51. The van der Waals surface area contributed by atoms with Crippen LogP contribution in [0.5, 0.6) is 0 Å². The van der Waals surface area contributed by atoms with Crippen LogP contribution in [0.15, 0.2) is 66.4 Å². The Morgan fingerprint density at radius 2 is 1.96 bits per heavy atom. The SMILES string of the molecule is Cc1cccc(CCN/C=C(/C#N)C(=O)NC(C)c2ccccc2)c1. The lowest BCUT2D eigenvalue weighted by atomic mass is 10.1. The Balaban J connectivity index is 1.86. The molecule has 1 atom stereocenters. The van der Waals surface area contributed by atoms with Gasteiger partial charge in [-0.25, -0.2) is 0 Å². The molecule has 4 heteroatoms. The number of hydrogen-bond acceptors (Lipinski definition) is 3. The van der Waals surface area contributed by atoms with Gasteiger partial charge in [-0.3, -0.25) is 4.79 Å². The molecule has 1 amide bonds. The fourth-order valence-corrected chi connectivity index (χ4v) is 2.51. The molecule has 1 unspecified atom stereocenters. The van der Waals surface area contributed by atoms with Gasteiger partial charge in [-0.05, 0) is 31.4 Å². The summed E-state index contributed by atoms with van der Waals surface area (Å²) in [4.78, 5) is 12.2. The molecular weight excluding hydrogens is 310 g/mol. The van der Waals surface area contributed by atoms with E-state index < -0.39 is 0 Å². The predicted octanol–water partition coefficient (Wildman–Crippen LogP) is 3.41. The van der Waals surface area contributed by atoms with Gasteiger partial charge in [0.05, 0.1) is 6.04 Å². The molecule has 0 fully saturated rings. The van der Waals surface area contributed by atoms with Gasteiger partial charge in [-0.1, -0.05) is 60.2 Å². The Bertz CT molecular complexity index is 775. The quantitative estimate of drug-likeness (QED) is 0.464. The molecule has 2 rings (SSSR count). The lowest BCUT2D eigenvalue weighted by molar-refractivity contribution is -0.117. The van der Waals surface area contributed by atoms with Crippen LogP contribution in [0.4, 0.5) is 0 Å². The molecule has 4 nitrogen and oxygen atoms in total. The smallest absolute Gasteiger partial charge is 0.263 e. The molecule has 128 valence electrons. The topological polar surface area (TPSA) is 64.9 Å². The molecule has 2 N–H and O–H groups in total. The van der Waals surface area contributed by atoms with Crippen LogP contribution in [0.2, 0.25) is 0 Å². The minimum atomic E-state index is -0.373. The summed E-state index contributed by atoms with van der Waals surface area (Å²) in [6.07, 6.45) is 2.32. The van der Waals surface area contributed by atoms with Crippen LogP contribution in [0.1, 0.15) is 29.7 Å². The Kier molecular flexibility index (Phi) is 6.79. The first-order valence-electron chi connectivity index (χ1n) is 8.35. The van der Waals surface area contributed by atoms with Gasteiger partial charge < -0.3 is 10.6 Å². The number of hydrogen-bond donors (Lipinski definition) is 2. The van der Waals surface area contributed by atoms with Crippen LogP contribution in [0.3, 0.4) is 0 Å². The van der Waals surface area contributed by atoms with E-state index in [9.17, 15) is 10.1 Å². The minimum absolute atomic E-state index is 0.0759. The molecule has 0 aliphatic rings. The number of nitrogens with one attached hydrogen (secondary N) is 2. The average Bonchev–Trinajstić information content (AvgIpc) is 2.62. The molecule has 2 aromatic rings. The summed E-state index contributed by atoms with van der Waals surface area (Å²) in [5, 5.41) is 15.1. The third kappa shape index (κ3) is 5.82. The van der Waals surface area contributed by atoms with Crippen molar-refractivity contribution in [1.29, 1.82) is 5.26 Å². The lowest BCUT2D eigenvalue weighted by Crippen LogP contribution is -2.28. The predicted molar refractivity (Wildman–Crippen MR) is 99.6 cm³/mol. The summed E-state index contributed by atoms with van der Waals surface area (Å²) >= 11 is 0. The fraction of sp³-hybridized carbons (Fsp3) is 0.238. The van der Waals surface area contributed by atoms with Crippen molar-refractivity contribution in [2.75, 3.05) is 6.54 Å². The summed E-state index contributed by atoms with van der Waals surface area (Å²) in [7, 11) is 0. The van der Waals surface area contributed by atoms with E-state index in [1.807, 2.05) is 49.4 Å². The highest BCUT2D eigenvalue weighted by Gasteiger charge is 2.13. The highest BCUT2D eigenvalue weighted by molar-refractivity contribution is 5.97. The molecule has 0 bridgehead atoms. The van der Waals surface area contributed by atoms with Gasteiger partial charge in [0.25, 0.3) is 5.91 Å². The maximum atomic E-state index is 12.2. The van der Waals surface area contributed by atoms with Gasteiger partial charge in [0.2, 0.25) is 0 Å². The van der Waals surface area contributed by atoms with Crippen molar-refractivity contribution < 1.29 is 4.79 Å². The first-order valence-corrected chi connectivity index (χ1v) is 8.35. The molecule has 0 saturated heterocycles. The van der Waals surface area contributed by atoms with E-state index in [0.29, 0.717) is 6.54 Å². The van der Waals surface area contributed by atoms with Crippen LogP contribution in [0.25, 0.3) is 0 Å². The molecule has 0 heterocycles. The van der Waals surface area contributed by atoms with Crippen LogP contribution in [-0.2, 0) is 11.2 Å². The average molecular weight is 333 g/mol. The van der Waals surface area contributed by atoms with E-state index in [1.54, 1.807) is 0 Å². The molecule has 0 saturated carbocycles. The van der Waals surface area contributed by atoms with Crippen molar-refractivity contribution in [3.05, 3.63) is 83.1 Å². The van der Waals surface area contributed by atoms with Crippen LogP contribution < -0.4 is 10.6 Å². The normalized spacial score (nSPS) is 12.1. The number of nitriles is 1. The minimum Gasteiger partial charge on any atom is -0.389 e. The van der Waals surface area contributed by atoms with Crippen LogP contribution in [0, 0.1) is 18.3 Å². The number of carbonyl (C=O) groups is 1. The number of carbonyl (C=O) groups excluding carboxylic acids is 1. The van der Waals surface area contributed by atoms with Crippen LogP contribution in [-0.4, -0.2) is 12.5 Å². The number of nitrogens with zero attached hydrogens (tertiary/aromatic N) is 1. The summed E-state index contributed by atoms with van der Waals surface area (Å²) in [5.74, 6) is -0.373. The first kappa shape index (κ1) is 18.3. The van der Waals surface area contributed by atoms with Crippen LogP contribution >= 0.6 is 0 Å². The third-order valence-corrected chi connectivity index (χ3v) is 3.90. The Labute approximate surface area is 149 Å². The number of aryl methyl sites for hydroxylation is 1. The van der Waals surface area contributed by atoms with Gasteiger partial charge in [0.15, 0.2) is 0 Å². The van der Waals surface area contributed by atoms with Crippen molar-refractivity contribution in [2.45, 2.75) is 26.3 Å². The second kappa shape index (κ2) is 9.29. The molecule has 0 aliphatic heterocycles. The van der Waals surface area contributed by atoms with Crippen molar-refractivity contribution in [3.8, 4) is 6.07 Å². The largest absolute Gasteiger partial charge is 0.389 e. The molecule has 0 spiro atoms. The Morgan fingerprint density at radius 3 is 2.64 bits per heavy atom. The molecular formula is C21H23N3O. The van der Waals surface area contributed by atoms with Gasteiger partial charge in [0, 0.05) is 12.7 Å². The number of benzene rings is 2. The molecule has 2 aromatic carbocycles. The zero-order valence-electron chi connectivity index (χ0n) is 14.6. The second-order valence-corrected chi connectivity index (χ2v) is 5.97. The summed E-state index contributed by atoms with van der Waals surface area (Å²) < 4.78 is 0. The van der Waals surface area contributed by atoms with E-state index in [-0.39, 0.29) is 17.5 Å². The van der Waals surface area contributed by atoms with Gasteiger partial charge in [0.1, 0.15) is 11.6 Å². The van der Waals surface area contributed by atoms with Crippen molar-refractivity contribution in [1.82, 2.24) is 10.6 Å². The molecule has 0 aromatic heterocycles. The van der Waals surface area contributed by atoms with E-state index >= 15 is 0 Å². The first-order chi connectivity index (χ1) is 12.1. The summed E-state index contributed by atoms with van der Waals surface area (Å²) in [6, 6.07) is 19.7. The molecule has 25 heavy (non-hydrogen) atoms. The Hall–Kier alpha value is -3.06. The van der Waals surface area contributed by atoms with E-state index in [0.717, 1.165) is 12.0 Å².